The molecular weight excluding hydrogens is 235 g/mol. The van der Waals surface area contributed by atoms with Crippen molar-refractivity contribution in [2.75, 3.05) is 11.1 Å². The van der Waals surface area contributed by atoms with Crippen LogP contribution < -0.4 is 11.1 Å². The van der Waals surface area contributed by atoms with Crippen molar-refractivity contribution < 1.29 is 9.18 Å². The lowest BCUT2D eigenvalue weighted by molar-refractivity contribution is 0.102. The molecule has 0 bridgehead atoms. The Morgan fingerprint density at radius 2 is 2.17 bits per heavy atom. The summed E-state index contributed by atoms with van der Waals surface area (Å²) in [5.74, 6) is -0.663. The first-order chi connectivity index (χ1) is 8.49. The molecule has 0 aliphatic rings. The van der Waals surface area contributed by atoms with Crippen LogP contribution in [0.2, 0.25) is 0 Å². The van der Waals surface area contributed by atoms with Crippen molar-refractivity contribution in [1.29, 1.82) is 0 Å². The number of hydrogen-bond acceptors (Lipinski definition) is 3. The van der Waals surface area contributed by atoms with Gasteiger partial charge in [-0.05, 0) is 31.5 Å². The molecule has 0 saturated heterocycles. The Morgan fingerprint density at radius 3 is 2.72 bits per heavy atom. The molecule has 0 saturated carbocycles. The highest BCUT2D eigenvalue weighted by Crippen LogP contribution is 2.17. The third kappa shape index (κ3) is 2.17. The van der Waals surface area contributed by atoms with Crippen molar-refractivity contribution >= 4 is 17.4 Å². The number of anilines is 2. The quantitative estimate of drug-likeness (QED) is 0.760. The molecule has 94 valence electrons. The lowest BCUT2D eigenvalue weighted by Crippen LogP contribution is -2.14. The largest absolute Gasteiger partial charge is 0.382 e. The lowest BCUT2D eigenvalue weighted by atomic mass is 10.2. The van der Waals surface area contributed by atoms with Crippen LogP contribution in [-0.4, -0.2) is 16.1 Å². The second-order valence-electron chi connectivity index (χ2n) is 4.03. The average molecular weight is 248 g/mol. The fourth-order valence-corrected chi connectivity index (χ4v) is 1.60. The molecule has 4 N–H and O–H groups in total. The first-order valence-corrected chi connectivity index (χ1v) is 5.37. The third-order valence-corrected chi connectivity index (χ3v) is 2.63. The maximum Gasteiger partial charge on any atom is 0.261 e. The van der Waals surface area contributed by atoms with Gasteiger partial charge in [-0.15, -0.1) is 0 Å². The Kier molecular flexibility index (Phi) is 3.01. The van der Waals surface area contributed by atoms with E-state index in [0.717, 1.165) is 0 Å². The summed E-state index contributed by atoms with van der Waals surface area (Å²) >= 11 is 0. The van der Waals surface area contributed by atoms with Crippen LogP contribution in [0.15, 0.2) is 18.2 Å². The van der Waals surface area contributed by atoms with Crippen LogP contribution in [-0.2, 0) is 0 Å². The summed E-state index contributed by atoms with van der Waals surface area (Å²) in [6, 6.07) is 4.48. The number of aromatic amines is 1. The van der Waals surface area contributed by atoms with Crippen LogP contribution in [0.25, 0.3) is 0 Å². The van der Waals surface area contributed by atoms with Gasteiger partial charge in [-0.3, -0.25) is 9.89 Å². The monoisotopic (exact) mass is 248 g/mol. The first-order valence-electron chi connectivity index (χ1n) is 5.37. The highest BCUT2D eigenvalue weighted by Gasteiger charge is 2.16. The molecule has 0 radical (unpaired) electrons. The summed E-state index contributed by atoms with van der Waals surface area (Å²) in [5.41, 5.74) is 7.31. The normalized spacial score (nSPS) is 10.4. The molecular formula is C12H13FN4O. The minimum absolute atomic E-state index is 0.123. The van der Waals surface area contributed by atoms with Crippen LogP contribution in [0.4, 0.5) is 15.9 Å². The summed E-state index contributed by atoms with van der Waals surface area (Å²) in [7, 11) is 0. The van der Waals surface area contributed by atoms with E-state index in [1.807, 2.05) is 0 Å². The third-order valence-electron chi connectivity index (χ3n) is 2.63. The molecule has 5 nitrogen and oxygen atoms in total. The number of halogens is 1. The molecule has 1 heterocycles. The molecule has 18 heavy (non-hydrogen) atoms. The zero-order chi connectivity index (χ0) is 13.3. The van der Waals surface area contributed by atoms with Gasteiger partial charge in [0.1, 0.15) is 11.4 Å². The van der Waals surface area contributed by atoms with Crippen molar-refractivity contribution in [2.24, 2.45) is 0 Å². The molecule has 0 atom stereocenters. The Balaban J connectivity index is 2.24. The van der Waals surface area contributed by atoms with Gasteiger partial charge in [-0.25, -0.2) is 4.39 Å². The highest BCUT2D eigenvalue weighted by molar-refractivity contribution is 6.08. The SMILES string of the molecule is Cc1ccc(NC(=O)c2c(N)n[nH]c2C)cc1F. The minimum Gasteiger partial charge on any atom is -0.382 e. The molecule has 0 fully saturated rings. The maximum absolute atomic E-state index is 13.3. The fourth-order valence-electron chi connectivity index (χ4n) is 1.60. The molecule has 6 heteroatoms. The molecule has 1 amide bonds. The number of carbonyl (C=O) groups is 1. The predicted octanol–water partition coefficient (Wildman–Crippen LogP) is 2.00. The van der Waals surface area contributed by atoms with Gasteiger partial charge in [-0.1, -0.05) is 6.07 Å². The van der Waals surface area contributed by atoms with Crippen LogP contribution in [0.1, 0.15) is 21.6 Å². The van der Waals surface area contributed by atoms with Gasteiger partial charge in [-0.2, -0.15) is 5.10 Å². The summed E-state index contributed by atoms with van der Waals surface area (Å²) in [5, 5.41) is 8.92. The Hall–Kier alpha value is -2.37. The van der Waals surface area contributed by atoms with E-state index in [1.54, 1.807) is 26.0 Å². The van der Waals surface area contributed by atoms with E-state index in [9.17, 15) is 9.18 Å². The number of aromatic nitrogens is 2. The number of nitrogens with zero attached hydrogens (tertiary/aromatic N) is 1. The van der Waals surface area contributed by atoms with E-state index < -0.39 is 5.91 Å². The first kappa shape index (κ1) is 12.1. The molecule has 0 spiro atoms. The number of H-pyrrole nitrogens is 1. The van der Waals surface area contributed by atoms with E-state index in [4.69, 9.17) is 5.73 Å². The number of hydrogen-bond donors (Lipinski definition) is 3. The van der Waals surface area contributed by atoms with Crippen molar-refractivity contribution in [3.05, 3.63) is 40.8 Å². The molecule has 0 aliphatic carbocycles. The number of carbonyl (C=O) groups excluding carboxylic acids is 1. The summed E-state index contributed by atoms with van der Waals surface area (Å²) in [6.07, 6.45) is 0. The number of rotatable bonds is 2. The van der Waals surface area contributed by atoms with Crippen molar-refractivity contribution in [2.45, 2.75) is 13.8 Å². The van der Waals surface area contributed by atoms with Gasteiger partial charge in [0.05, 0.1) is 0 Å². The smallest absolute Gasteiger partial charge is 0.261 e. The van der Waals surface area contributed by atoms with Gasteiger partial charge in [0, 0.05) is 11.4 Å². The number of amides is 1. The Bertz CT molecular complexity index is 587. The maximum atomic E-state index is 13.3. The minimum atomic E-state index is -0.415. The number of nitrogens with two attached hydrogens (primary N) is 1. The van der Waals surface area contributed by atoms with Gasteiger partial charge in [0.15, 0.2) is 5.82 Å². The van der Waals surface area contributed by atoms with Gasteiger partial charge < -0.3 is 11.1 Å². The second-order valence-corrected chi connectivity index (χ2v) is 4.03. The standard InChI is InChI=1S/C12H13FN4O/c1-6-3-4-8(5-9(6)13)15-12(18)10-7(2)16-17-11(10)14/h3-5H,1-2H3,(H,15,18)(H3,14,16,17). The average Bonchev–Trinajstić information content (AvgIpc) is 2.64. The number of aryl methyl sites for hydroxylation is 2. The van der Waals surface area contributed by atoms with Gasteiger partial charge in [0.2, 0.25) is 0 Å². The highest BCUT2D eigenvalue weighted by atomic mass is 19.1. The molecule has 2 rings (SSSR count). The topological polar surface area (TPSA) is 83.8 Å². The molecule has 1 aromatic carbocycles. The second kappa shape index (κ2) is 4.48. The molecule has 2 aromatic rings. The van der Waals surface area contributed by atoms with Crippen molar-refractivity contribution in [1.82, 2.24) is 10.2 Å². The Labute approximate surface area is 103 Å². The number of nitrogen functional groups attached to an aromatic ring is 1. The number of nitrogens with one attached hydrogen (secondary N) is 2. The molecule has 1 aromatic heterocycles. The van der Waals surface area contributed by atoms with Crippen molar-refractivity contribution in [3.63, 3.8) is 0 Å². The van der Waals surface area contributed by atoms with Gasteiger partial charge >= 0.3 is 0 Å². The fraction of sp³-hybridized carbons (Fsp3) is 0.167. The summed E-state index contributed by atoms with van der Waals surface area (Å²) in [4.78, 5) is 11.9. The van der Waals surface area contributed by atoms with E-state index in [-0.39, 0.29) is 17.2 Å². The van der Waals surface area contributed by atoms with Crippen LogP contribution in [0.3, 0.4) is 0 Å². The van der Waals surface area contributed by atoms with Gasteiger partial charge in [0.25, 0.3) is 5.91 Å². The van der Waals surface area contributed by atoms with Crippen LogP contribution in [0.5, 0.6) is 0 Å². The lowest BCUT2D eigenvalue weighted by Gasteiger charge is -2.06. The Morgan fingerprint density at radius 1 is 1.44 bits per heavy atom. The zero-order valence-electron chi connectivity index (χ0n) is 10.0. The van der Waals surface area contributed by atoms with Crippen LogP contribution in [0, 0.1) is 19.7 Å². The van der Waals surface area contributed by atoms with E-state index in [0.29, 0.717) is 16.9 Å². The summed E-state index contributed by atoms with van der Waals surface area (Å²) in [6.45, 7) is 3.34. The molecule has 0 unspecified atom stereocenters. The molecule has 0 aliphatic heterocycles. The van der Waals surface area contributed by atoms with Crippen LogP contribution >= 0.6 is 0 Å². The van der Waals surface area contributed by atoms with E-state index >= 15 is 0 Å². The van der Waals surface area contributed by atoms with Crippen molar-refractivity contribution in [3.8, 4) is 0 Å². The predicted molar refractivity (Wildman–Crippen MR) is 66.8 cm³/mol. The van der Waals surface area contributed by atoms with E-state index in [2.05, 4.69) is 15.5 Å². The summed E-state index contributed by atoms with van der Waals surface area (Å²) < 4.78 is 13.3. The van der Waals surface area contributed by atoms with E-state index in [1.165, 1.54) is 6.07 Å². The number of benzene rings is 1. The zero-order valence-corrected chi connectivity index (χ0v) is 10.0.